The molecule has 0 aromatic rings. The first kappa shape index (κ1) is 16.4. The van der Waals surface area contributed by atoms with Crippen molar-refractivity contribution in [3.05, 3.63) is 0 Å². The van der Waals surface area contributed by atoms with Gasteiger partial charge in [0, 0.05) is 19.6 Å². The van der Waals surface area contributed by atoms with E-state index in [1.807, 2.05) is 11.8 Å². The SMILES string of the molecule is CCCNC(=O)CN=C(N)N1CCOCC1.I. The quantitative estimate of drug-likeness (QED) is 0.415. The van der Waals surface area contributed by atoms with Gasteiger partial charge in [0.25, 0.3) is 0 Å². The molecule has 0 atom stereocenters. The van der Waals surface area contributed by atoms with Gasteiger partial charge in [0.2, 0.25) is 5.91 Å². The van der Waals surface area contributed by atoms with Crippen LogP contribution in [0, 0.1) is 0 Å². The fourth-order valence-electron chi connectivity index (χ4n) is 1.37. The summed E-state index contributed by atoms with van der Waals surface area (Å²) in [6.45, 7) is 5.61. The molecule has 1 aliphatic rings. The number of halogens is 1. The van der Waals surface area contributed by atoms with Crippen LogP contribution in [0.3, 0.4) is 0 Å². The average molecular weight is 356 g/mol. The first-order chi connectivity index (χ1) is 7.74. The van der Waals surface area contributed by atoms with E-state index < -0.39 is 0 Å². The third-order valence-electron chi connectivity index (χ3n) is 2.29. The van der Waals surface area contributed by atoms with Crippen molar-refractivity contribution in [2.24, 2.45) is 10.7 Å². The van der Waals surface area contributed by atoms with Gasteiger partial charge in [-0.05, 0) is 6.42 Å². The normalized spacial score (nSPS) is 16.3. The molecule has 0 unspecified atom stereocenters. The van der Waals surface area contributed by atoms with Crippen molar-refractivity contribution in [3.8, 4) is 0 Å². The molecule has 0 radical (unpaired) electrons. The summed E-state index contributed by atoms with van der Waals surface area (Å²) in [4.78, 5) is 17.3. The Kier molecular flexibility index (Phi) is 9.14. The van der Waals surface area contributed by atoms with Gasteiger partial charge in [0.1, 0.15) is 6.54 Å². The van der Waals surface area contributed by atoms with Gasteiger partial charge in [-0.15, -0.1) is 24.0 Å². The number of nitrogens with two attached hydrogens (primary N) is 1. The van der Waals surface area contributed by atoms with Gasteiger partial charge in [0.15, 0.2) is 5.96 Å². The summed E-state index contributed by atoms with van der Waals surface area (Å²) in [5.74, 6) is 0.341. The number of hydrogen-bond donors (Lipinski definition) is 2. The van der Waals surface area contributed by atoms with Crippen LogP contribution in [-0.4, -0.2) is 56.2 Å². The van der Waals surface area contributed by atoms with Crippen molar-refractivity contribution in [1.29, 1.82) is 0 Å². The summed E-state index contributed by atoms with van der Waals surface area (Å²) in [5.41, 5.74) is 5.77. The zero-order valence-electron chi connectivity index (χ0n) is 10.1. The Bertz CT molecular complexity index is 255. The van der Waals surface area contributed by atoms with Crippen LogP contribution in [0.15, 0.2) is 4.99 Å². The minimum absolute atomic E-state index is 0. The number of ether oxygens (including phenoxy) is 1. The molecule has 0 aromatic heterocycles. The van der Waals surface area contributed by atoms with Crippen LogP contribution < -0.4 is 11.1 Å². The van der Waals surface area contributed by atoms with E-state index in [0.29, 0.717) is 25.7 Å². The molecule has 0 spiro atoms. The van der Waals surface area contributed by atoms with Gasteiger partial charge < -0.3 is 20.7 Å². The minimum Gasteiger partial charge on any atom is -0.378 e. The zero-order valence-corrected chi connectivity index (χ0v) is 12.5. The Hall–Kier alpha value is -0.570. The number of rotatable bonds is 4. The summed E-state index contributed by atoms with van der Waals surface area (Å²) < 4.78 is 5.20. The summed E-state index contributed by atoms with van der Waals surface area (Å²) in [5, 5.41) is 2.75. The molecule has 1 heterocycles. The molecular weight excluding hydrogens is 335 g/mol. The molecule has 0 bridgehead atoms. The molecule has 3 N–H and O–H groups in total. The predicted octanol–water partition coefficient (Wildman–Crippen LogP) is -0.222. The van der Waals surface area contributed by atoms with E-state index in [0.717, 1.165) is 19.5 Å². The molecular formula is C10H21IN4O2. The Morgan fingerprint density at radius 2 is 2.12 bits per heavy atom. The predicted molar refractivity (Wildman–Crippen MR) is 77.6 cm³/mol. The lowest BCUT2D eigenvalue weighted by molar-refractivity contribution is -0.119. The Balaban J connectivity index is 0.00000256. The van der Waals surface area contributed by atoms with Crippen LogP contribution in [0.4, 0.5) is 0 Å². The highest BCUT2D eigenvalue weighted by Gasteiger charge is 2.12. The fraction of sp³-hybridized carbons (Fsp3) is 0.800. The molecule has 1 saturated heterocycles. The van der Waals surface area contributed by atoms with Gasteiger partial charge in [-0.1, -0.05) is 6.92 Å². The summed E-state index contributed by atoms with van der Waals surface area (Å²) >= 11 is 0. The number of hydrogen-bond acceptors (Lipinski definition) is 3. The van der Waals surface area contributed by atoms with Crippen molar-refractivity contribution in [2.75, 3.05) is 39.4 Å². The van der Waals surface area contributed by atoms with Gasteiger partial charge in [0.05, 0.1) is 13.2 Å². The van der Waals surface area contributed by atoms with Crippen molar-refractivity contribution in [3.63, 3.8) is 0 Å². The molecule has 1 rings (SSSR count). The highest BCUT2D eigenvalue weighted by molar-refractivity contribution is 14.0. The smallest absolute Gasteiger partial charge is 0.241 e. The Labute approximate surface area is 119 Å². The number of morpholine rings is 1. The maximum atomic E-state index is 11.3. The Morgan fingerprint density at radius 3 is 2.71 bits per heavy atom. The summed E-state index contributed by atoms with van der Waals surface area (Å²) in [6, 6.07) is 0. The second kappa shape index (κ2) is 9.46. The highest BCUT2D eigenvalue weighted by Crippen LogP contribution is 1.95. The van der Waals surface area contributed by atoms with Gasteiger partial charge in [-0.2, -0.15) is 0 Å². The van der Waals surface area contributed by atoms with Gasteiger partial charge >= 0.3 is 0 Å². The monoisotopic (exact) mass is 356 g/mol. The second-order valence-electron chi connectivity index (χ2n) is 3.62. The molecule has 17 heavy (non-hydrogen) atoms. The van der Waals surface area contributed by atoms with Crippen LogP contribution in [0.5, 0.6) is 0 Å². The third-order valence-corrected chi connectivity index (χ3v) is 2.29. The molecule has 100 valence electrons. The molecule has 7 heteroatoms. The van der Waals surface area contributed by atoms with E-state index >= 15 is 0 Å². The average Bonchev–Trinajstić information content (AvgIpc) is 2.34. The van der Waals surface area contributed by atoms with Crippen molar-refractivity contribution >= 4 is 35.8 Å². The molecule has 1 amide bonds. The van der Waals surface area contributed by atoms with Crippen molar-refractivity contribution in [1.82, 2.24) is 10.2 Å². The first-order valence-corrected chi connectivity index (χ1v) is 5.63. The first-order valence-electron chi connectivity index (χ1n) is 5.63. The van der Waals surface area contributed by atoms with Crippen molar-refractivity contribution < 1.29 is 9.53 Å². The molecule has 1 aliphatic heterocycles. The van der Waals surface area contributed by atoms with E-state index in [9.17, 15) is 4.79 Å². The lowest BCUT2D eigenvalue weighted by atomic mass is 10.4. The summed E-state index contributed by atoms with van der Waals surface area (Å²) in [6.07, 6.45) is 0.925. The van der Waals surface area contributed by atoms with Crippen LogP contribution in [0.2, 0.25) is 0 Å². The molecule has 0 aromatic carbocycles. The number of guanidine groups is 1. The fourth-order valence-corrected chi connectivity index (χ4v) is 1.37. The van der Waals surface area contributed by atoms with Gasteiger partial charge in [-0.25, -0.2) is 4.99 Å². The van der Waals surface area contributed by atoms with E-state index in [4.69, 9.17) is 10.5 Å². The molecule has 0 aliphatic carbocycles. The number of amides is 1. The molecule has 6 nitrogen and oxygen atoms in total. The van der Waals surface area contributed by atoms with Crippen LogP contribution >= 0.6 is 24.0 Å². The number of carbonyl (C=O) groups is 1. The number of aliphatic imine (C=N–C) groups is 1. The number of carbonyl (C=O) groups excluding carboxylic acids is 1. The minimum atomic E-state index is -0.0851. The lowest BCUT2D eigenvalue weighted by Gasteiger charge is -2.27. The van der Waals surface area contributed by atoms with Crippen LogP contribution in [0.25, 0.3) is 0 Å². The second-order valence-corrected chi connectivity index (χ2v) is 3.62. The standard InChI is InChI=1S/C10H20N4O2.HI/c1-2-3-12-9(15)8-13-10(11)14-4-6-16-7-5-14;/h2-8H2,1H3,(H2,11,13)(H,12,15);1H. The van der Waals surface area contributed by atoms with E-state index in [-0.39, 0.29) is 36.4 Å². The zero-order chi connectivity index (χ0) is 11.8. The number of nitrogens with one attached hydrogen (secondary N) is 1. The number of nitrogens with zero attached hydrogens (tertiary/aromatic N) is 2. The highest BCUT2D eigenvalue weighted by atomic mass is 127. The van der Waals surface area contributed by atoms with E-state index in [2.05, 4.69) is 10.3 Å². The van der Waals surface area contributed by atoms with Crippen LogP contribution in [0.1, 0.15) is 13.3 Å². The topological polar surface area (TPSA) is 80.0 Å². The maximum Gasteiger partial charge on any atom is 0.241 e. The molecule has 0 saturated carbocycles. The third kappa shape index (κ3) is 6.67. The Morgan fingerprint density at radius 1 is 1.47 bits per heavy atom. The van der Waals surface area contributed by atoms with E-state index in [1.54, 1.807) is 0 Å². The van der Waals surface area contributed by atoms with Gasteiger partial charge in [-0.3, -0.25) is 4.79 Å². The largest absolute Gasteiger partial charge is 0.378 e. The lowest BCUT2D eigenvalue weighted by Crippen LogP contribution is -2.45. The molecule has 1 fully saturated rings. The van der Waals surface area contributed by atoms with Crippen molar-refractivity contribution in [2.45, 2.75) is 13.3 Å². The maximum absolute atomic E-state index is 11.3. The summed E-state index contributed by atoms with van der Waals surface area (Å²) in [7, 11) is 0. The van der Waals surface area contributed by atoms with E-state index in [1.165, 1.54) is 0 Å². The van der Waals surface area contributed by atoms with Crippen LogP contribution in [-0.2, 0) is 9.53 Å².